The number of methoxy groups -OCH3 is 1. The van der Waals surface area contributed by atoms with Crippen LogP contribution in [0.2, 0.25) is 0 Å². The van der Waals surface area contributed by atoms with Crippen molar-refractivity contribution in [3.05, 3.63) is 0 Å². The van der Waals surface area contributed by atoms with Gasteiger partial charge < -0.3 is 10.1 Å². The molecule has 3 nitrogen and oxygen atoms in total. The number of rotatable bonds is 1. The monoisotopic (exact) mass is 161 g/mol. The Morgan fingerprint density at radius 3 is 3.10 bits per heavy atom. The Hall–Kier alpha value is -0.220. The first-order valence-corrected chi connectivity index (χ1v) is 4.29. The van der Waals surface area contributed by atoms with Crippen molar-refractivity contribution in [1.29, 1.82) is 0 Å². The second-order valence-corrected chi connectivity index (χ2v) is 3.40. The van der Waals surface area contributed by atoms with Gasteiger partial charge in [0.25, 0.3) is 0 Å². The summed E-state index contributed by atoms with van der Waals surface area (Å²) in [5, 5.41) is 3.14. The van der Waals surface area contributed by atoms with Gasteiger partial charge >= 0.3 is 5.97 Å². The SMILES string of the molecule is COC(=O)[C@@H]1CNCCS1. The number of hydrogen-bond donors (Lipinski definition) is 1. The third kappa shape index (κ3) is 1.88. The van der Waals surface area contributed by atoms with Crippen molar-refractivity contribution in [2.24, 2.45) is 0 Å². The molecule has 1 aliphatic rings. The third-order valence-corrected chi connectivity index (χ3v) is 2.59. The second kappa shape index (κ2) is 3.83. The number of ether oxygens (including phenoxy) is 1. The zero-order valence-electron chi connectivity index (χ0n) is 5.92. The molecule has 0 amide bonds. The Bertz CT molecular complexity index is 123. The Morgan fingerprint density at radius 2 is 2.60 bits per heavy atom. The minimum atomic E-state index is -0.114. The van der Waals surface area contributed by atoms with Gasteiger partial charge in [0.1, 0.15) is 5.25 Å². The summed E-state index contributed by atoms with van der Waals surface area (Å²) < 4.78 is 4.59. The molecule has 0 radical (unpaired) electrons. The van der Waals surface area contributed by atoms with Gasteiger partial charge in [-0.15, -0.1) is 11.8 Å². The molecule has 58 valence electrons. The first-order chi connectivity index (χ1) is 4.84. The van der Waals surface area contributed by atoms with Crippen LogP contribution < -0.4 is 5.32 Å². The van der Waals surface area contributed by atoms with Crippen molar-refractivity contribution >= 4 is 17.7 Å². The second-order valence-electron chi connectivity index (χ2n) is 2.09. The third-order valence-electron chi connectivity index (χ3n) is 1.39. The molecule has 4 heteroatoms. The average molecular weight is 161 g/mol. The van der Waals surface area contributed by atoms with Gasteiger partial charge in [-0.2, -0.15) is 0 Å². The van der Waals surface area contributed by atoms with Crippen molar-refractivity contribution < 1.29 is 9.53 Å². The fraction of sp³-hybridized carbons (Fsp3) is 0.833. The van der Waals surface area contributed by atoms with Crippen molar-refractivity contribution in [2.45, 2.75) is 5.25 Å². The molecule has 0 aromatic carbocycles. The summed E-state index contributed by atoms with van der Waals surface area (Å²) in [4.78, 5) is 10.9. The molecule has 0 aliphatic carbocycles. The highest BCUT2D eigenvalue weighted by Gasteiger charge is 2.21. The molecule has 0 saturated carbocycles. The number of nitrogens with one attached hydrogen (secondary N) is 1. The van der Waals surface area contributed by atoms with Gasteiger partial charge in [0.15, 0.2) is 0 Å². The summed E-state index contributed by atoms with van der Waals surface area (Å²) >= 11 is 1.66. The van der Waals surface area contributed by atoms with Crippen molar-refractivity contribution in [2.75, 3.05) is 26.0 Å². The van der Waals surface area contributed by atoms with E-state index in [0.29, 0.717) is 0 Å². The van der Waals surface area contributed by atoms with Gasteiger partial charge in [-0.05, 0) is 0 Å². The predicted octanol–water partition coefficient (Wildman–Crippen LogP) is -0.136. The fourth-order valence-corrected chi connectivity index (χ4v) is 1.86. The zero-order chi connectivity index (χ0) is 7.40. The molecule has 0 aromatic heterocycles. The van der Waals surface area contributed by atoms with Gasteiger partial charge in [0, 0.05) is 18.8 Å². The fourth-order valence-electron chi connectivity index (χ4n) is 0.848. The summed E-state index contributed by atoms with van der Waals surface area (Å²) in [5.41, 5.74) is 0. The van der Waals surface area contributed by atoms with Crippen LogP contribution in [0.1, 0.15) is 0 Å². The molecule has 0 spiro atoms. The van der Waals surface area contributed by atoms with E-state index in [1.165, 1.54) is 7.11 Å². The van der Waals surface area contributed by atoms with Crippen LogP contribution in [0.15, 0.2) is 0 Å². The highest BCUT2D eigenvalue weighted by molar-refractivity contribution is 8.00. The first kappa shape index (κ1) is 7.88. The molecular formula is C6H11NO2S. The number of esters is 1. The number of thioether (sulfide) groups is 1. The summed E-state index contributed by atoms with van der Waals surface area (Å²) in [6.45, 7) is 1.75. The molecule has 1 fully saturated rings. The average Bonchev–Trinajstić information content (AvgIpc) is 2.05. The largest absolute Gasteiger partial charge is 0.468 e. The molecule has 0 aromatic rings. The van der Waals surface area contributed by atoms with Crippen molar-refractivity contribution in [3.63, 3.8) is 0 Å². The van der Waals surface area contributed by atoms with E-state index < -0.39 is 0 Å². The maximum atomic E-state index is 10.9. The molecular weight excluding hydrogens is 150 g/mol. The highest BCUT2D eigenvalue weighted by atomic mass is 32.2. The molecule has 0 bridgehead atoms. The van der Waals surface area contributed by atoms with E-state index >= 15 is 0 Å². The Balaban J connectivity index is 2.31. The number of carbonyl (C=O) groups is 1. The Morgan fingerprint density at radius 1 is 1.80 bits per heavy atom. The van der Waals surface area contributed by atoms with Crippen LogP contribution in [0.3, 0.4) is 0 Å². The van der Waals surface area contributed by atoms with Crippen molar-refractivity contribution in [1.82, 2.24) is 5.32 Å². The maximum Gasteiger partial charge on any atom is 0.320 e. The van der Waals surface area contributed by atoms with Crippen LogP contribution in [0.4, 0.5) is 0 Å². The van der Waals surface area contributed by atoms with Gasteiger partial charge in [0.05, 0.1) is 7.11 Å². The lowest BCUT2D eigenvalue weighted by atomic mass is 10.4. The lowest BCUT2D eigenvalue weighted by Gasteiger charge is -2.19. The van der Waals surface area contributed by atoms with Gasteiger partial charge in [0.2, 0.25) is 0 Å². The summed E-state index contributed by atoms with van der Waals surface area (Å²) in [6.07, 6.45) is 0. The lowest BCUT2D eigenvalue weighted by molar-refractivity contribution is -0.139. The summed E-state index contributed by atoms with van der Waals surface area (Å²) in [7, 11) is 1.43. The van der Waals surface area contributed by atoms with Gasteiger partial charge in [-0.3, -0.25) is 4.79 Å². The molecule has 1 heterocycles. The van der Waals surface area contributed by atoms with Crippen LogP contribution >= 0.6 is 11.8 Å². The Labute approximate surface area is 64.5 Å². The molecule has 1 aliphatic heterocycles. The minimum Gasteiger partial charge on any atom is -0.468 e. The summed E-state index contributed by atoms with van der Waals surface area (Å²) in [6, 6.07) is 0. The molecule has 1 atom stereocenters. The van der Waals surface area contributed by atoms with Crippen LogP contribution in [0.5, 0.6) is 0 Å². The minimum absolute atomic E-state index is 0.0127. The molecule has 0 unspecified atom stereocenters. The molecule has 10 heavy (non-hydrogen) atoms. The van der Waals surface area contributed by atoms with E-state index in [0.717, 1.165) is 18.8 Å². The molecule has 1 N–H and O–H groups in total. The normalized spacial score (nSPS) is 25.9. The highest BCUT2D eigenvalue weighted by Crippen LogP contribution is 2.13. The van der Waals surface area contributed by atoms with Gasteiger partial charge in [-0.25, -0.2) is 0 Å². The van der Waals surface area contributed by atoms with Crippen LogP contribution in [0, 0.1) is 0 Å². The van der Waals surface area contributed by atoms with E-state index in [-0.39, 0.29) is 11.2 Å². The lowest BCUT2D eigenvalue weighted by Crippen LogP contribution is -2.37. The number of hydrogen-bond acceptors (Lipinski definition) is 4. The first-order valence-electron chi connectivity index (χ1n) is 3.24. The molecule has 1 rings (SSSR count). The van der Waals surface area contributed by atoms with E-state index in [1.807, 2.05) is 0 Å². The smallest absolute Gasteiger partial charge is 0.320 e. The quantitative estimate of drug-likeness (QED) is 0.543. The van der Waals surface area contributed by atoms with Gasteiger partial charge in [-0.1, -0.05) is 0 Å². The van der Waals surface area contributed by atoms with Crippen LogP contribution in [-0.4, -0.2) is 37.2 Å². The maximum absolute atomic E-state index is 10.9. The van der Waals surface area contributed by atoms with E-state index in [2.05, 4.69) is 10.1 Å². The topological polar surface area (TPSA) is 38.3 Å². The van der Waals surface area contributed by atoms with Crippen LogP contribution in [-0.2, 0) is 9.53 Å². The zero-order valence-corrected chi connectivity index (χ0v) is 6.74. The van der Waals surface area contributed by atoms with Crippen molar-refractivity contribution in [3.8, 4) is 0 Å². The van der Waals surface area contributed by atoms with E-state index in [1.54, 1.807) is 11.8 Å². The Kier molecular flexibility index (Phi) is 3.02. The number of carbonyl (C=O) groups excluding carboxylic acids is 1. The summed E-state index contributed by atoms with van der Waals surface area (Å²) in [5.74, 6) is 0.886. The standard InChI is InChI=1S/C6H11NO2S/c1-9-6(8)5-4-7-2-3-10-5/h5,7H,2-4H2,1H3/t5-/m0/s1. The molecule has 1 saturated heterocycles. The van der Waals surface area contributed by atoms with Crippen LogP contribution in [0.25, 0.3) is 0 Å². The van der Waals surface area contributed by atoms with E-state index in [4.69, 9.17) is 0 Å². The van der Waals surface area contributed by atoms with E-state index in [9.17, 15) is 4.79 Å². The predicted molar refractivity (Wildman–Crippen MR) is 41.1 cm³/mol.